The quantitative estimate of drug-likeness (QED) is 0.690. The summed E-state index contributed by atoms with van der Waals surface area (Å²) < 4.78 is 0. The second-order valence-corrected chi connectivity index (χ2v) is 4.90. The lowest BCUT2D eigenvalue weighted by molar-refractivity contribution is 0.419. The van der Waals surface area contributed by atoms with Crippen molar-refractivity contribution in [3.8, 4) is 0 Å². The SMILES string of the molecule is CCNC1CCC(CCC(C)C)C1. The first-order valence-corrected chi connectivity index (χ1v) is 5.95. The fraction of sp³-hybridized carbons (Fsp3) is 1.00. The maximum Gasteiger partial charge on any atom is 0.00696 e. The number of rotatable bonds is 5. The summed E-state index contributed by atoms with van der Waals surface area (Å²) in [5.41, 5.74) is 0. The highest BCUT2D eigenvalue weighted by Crippen LogP contribution is 2.30. The van der Waals surface area contributed by atoms with E-state index in [1.54, 1.807) is 0 Å². The van der Waals surface area contributed by atoms with Crippen molar-refractivity contribution in [1.82, 2.24) is 5.32 Å². The van der Waals surface area contributed by atoms with Crippen molar-refractivity contribution in [2.45, 2.75) is 58.9 Å². The van der Waals surface area contributed by atoms with Gasteiger partial charge in [0.25, 0.3) is 0 Å². The third-order valence-electron chi connectivity index (χ3n) is 3.19. The summed E-state index contributed by atoms with van der Waals surface area (Å²) in [5.74, 6) is 1.91. The van der Waals surface area contributed by atoms with Crippen LogP contribution < -0.4 is 5.32 Å². The second kappa shape index (κ2) is 5.64. The van der Waals surface area contributed by atoms with Crippen LogP contribution in [-0.2, 0) is 0 Å². The van der Waals surface area contributed by atoms with Gasteiger partial charge >= 0.3 is 0 Å². The Hall–Kier alpha value is -0.0400. The summed E-state index contributed by atoms with van der Waals surface area (Å²) in [6, 6.07) is 0.835. The Kier molecular flexibility index (Phi) is 4.79. The summed E-state index contributed by atoms with van der Waals surface area (Å²) in [6.07, 6.45) is 7.19. The lowest BCUT2D eigenvalue weighted by Gasteiger charge is -2.12. The predicted octanol–water partition coefficient (Wildman–Crippen LogP) is 3.20. The molecule has 0 saturated heterocycles. The maximum atomic E-state index is 3.56. The molecule has 1 N–H and O–H groups in total. The highest BCUT2D eigenvalue weighted by molar-refractivity contribution is 4.80. The van der Waals surface area contributed by atoms with Gasteiger partial charge in [-0.3, -0.25) is 0 Å². The molecule has 0 radical (unpaired) electrons. The van der Waals surface area contributed by atoms with Gasteiger partial charge in [-0.15, -0.1) is 0 Å². The average molecular weight is 183 g/mol. The minimum Gasteiger partial charge on any atom is -0.314 e. The van der Waals surface area contributed by atoms with Crippen LogP contribution in [0.15, 0.2) is 0 Å². The topological polar surface area (TPSA) is 12.0 Å². The monoisotopic (exact) mass is 183 g/mol. The van der Waals surface area contributed by atoms with Crippen LogP contribution in [0.25, 0.3) is 0 Å². The molecule has 1 aliphatic rings. The third kappa shape index (κ3) is 4.12. The number of hydrogen-bond acceptors (Lipinski definition) is 1. The Balaban J connectivity index is 2.10. The van der Waals surface area contributed by atoms with Crippen molar-refractivity contribution in [3.05, 3.63) is 0 Å². The van der Waals surface area contributed by atoms with Crippen LogP contribution in [-0.4, -0.2) is 12.6 Å². The molecule has 1 saturated carbocycles. The molecule has 0 amide bonds. The molecule has 0 spiro atoms. The highest BCUT2D eigenvalue weighted by Gasteiger charge is 2.23. The smallest absolute Gasteiger partial charge is 0.00696 e. The van der Waals surface area contributed by atoms with E-state index in [0.29, 0.717) is 0 Å². The van der Waals surface area contributed by atoms with Gasteiger partial charge in [0.05, 0.1) is 0 Å². The van der Waals surface area contributed by atoms with Gasteiger partial charge in [0, 0.05) is 6.04 Å². The van der Waals surface area contributed by atoms with Crippen LogP contribution in [0.4, 0.5) is 0 Å². The zero-order chi connectivity index (χ0) is 9.68. The Bertz CT molecular complexity index is 131. The molecule has 1 nitrogen and oxygen atoms in total. The van der Waals surface area contributed by atoms with Crippen LogP contribution in [0.3, 0.4) is 0 Å². The molecule has 1 rings (SSSR count). The van der Waals surface area contributed by atoms with E-state index < -0.39 is 0 Å². The minimum absolute atomic E-state index is 0.835. The van der Waals surface area contributed by atoms with E-state index in [-0.39, 0.29) is 0 Å². The molecule has 2 atom stereocenters. The van der Waals surface area contributed by atoms with Gasteiger partial charge in [0.2, 0.25) is 0 Å². The van der Waals surface area contributed by atoms with E-state index in [4.69, 9.17) is 0 Å². The molecule has 1 aliphatic carbocycles. The van der Waals surface area contributed by atoms with Crippen molar-refractivity contribution in [1.29, 1.82) is 0 Å². The zero-order valence-electron chi connectivity index (χ0n) is 9.47. The molecule has 0 bridgehead atoms. The minimum atomic E-state index is 0.835. The summed E-state index contributed by atoms with van der Waals surface area (Å²) >= 11 is 0. The largest absolute Gasteiger partial charge is 0.314 e. The van der Waals surface area contributed by atoms with Crippen molar-refractivity contribution in [2.24, 2.45) is 11.8 Å². The normalized spacial score (nSPS) is 28.6. The third-order valence-corrected chi connectivity index (χ3v) is 3.19. The van der Waals surface area contributed by atoms with E-state index in [1.807, 2.05) is 0 Å². The number of nitrogens with one attached hydrogen (secondary N) is 1. The first-order chi connectivity index (χ1) is 6.22. The fourth-order valence-corrected chi connectivity index (χ4v) is 2.38. The van der Waals surface area contributed by atoms with Gasteiger partial charge < -0.3 is 5.32 Å². The van der Waals surface area contributed by atoms with Gasteiger partial charge in [-0.25, -0.2) is 0 Å². The molecule has 13 heavy (non-hydrogen) atoms. The molecule has 0 aromatic rings. The van der Waals surface area contributed by atoms with Gasteiger partial charge in [-0.05, 0) is 37.6 Å². The molecule has 0 heterocycles. The lowest BCUT2D eigenvalue weighted by atomic mass is 9.96. The second-order valence-electron chi connectivity index (χ2n) is 4.90. The van der Waals surface area contributed by atoms with E-state index >= 15 is 0 Å². The molecule has 0 aromatic carbocycles. The summed E-state index contributed by atoms with van der Waals surface area (Å²) in [4.78, 5) is 0. The van der Waals surface area contributed by atoms with Gasteiger partial charge in [0.1, 0.15) is 0 Å². The molecular weight excluding hydrogens is 158 g/mol. The molecule has 0 aromatic heterocycles. The van der Waals surface area contributed by atoms with Crippen LogP contribution in [0.2, 0.25) is 0 Å². The van der Waals surface area contributed by atoms with E-state index in [2.05, 4.69) is 26.1 Å². The van der Waals surface area contributed by atoms with Crippen molar-refractivity contribution in [3.63, 3.8) is 0 Å². The van der Waals surface area contributed by atoms with E-state index in [9.17, 15) is 0 Å². The summed E-state index contributed by atoms with van der Waals surface area (Å²) in [5, 5.41) is 3.56. The molecule has 1 heteroatoms. The van der Waals surface area contributed by atoms with Gasteiger partial charge in [-0.1, -0.05) is 33.6 Å². The van der Waals surface area contributed by atoms with Crippen molar-refractivity contribution < 1.29 is 0 Å². The standard InChI is InChI=1S/C12H25N/c1-4-13-12-8-7-11(9-12)6-5-10(2)3/h10-13H,4-9H2,1-3H3. The lowest BCUT2D eigenvalue weighted by Crippen LogP contribution is -2.25. The van der Waals surface area contributed by atoms with E-state index in [1.165, 1.54) is 32.1 Å². The highest BCUT2D eigenvalue weighted by atomic mass is 14.9. The molecular formula is C12H25N. The van der Waals surface area contributed by atoms with Gasteiger partial charge in [0.15, 0.2) is 0 Å². The first-order valence-electron chi connectivity index (χ1n) is 5.95. The Morgan fingerprint density at radius 2 is 2.08 bits per heavy atom. The molecule has 2 unspecified atom stereocenters. The van der Waals surface area contributed by atoms with Crippen LogP contribution >= 0.6 is 0 Å². The Morgan fingerprint density at radius 3 is 2.69 bits per heavy atom. The van der Waals surface area contributed by atoms with Crippen molar-refractivity contribution >= 4 is 0 Å². The molecule has 78 valence electrons. The van der Waals surface area contributed by atoms with E-state index in [0.717, 1.165) is 24.4 Å². The van der Waals surface area contributed by atoms with Crippen LogP contribution in [0.1, 0.15) is 52.9 Å². The summed E-state index contributed by atoms with van der Waals surface area (Å²) in [6.45, 7) is 8.01. The Labute approximate surface area is 83.3 Å². The number of hydrogen-bond donors (Lipinski definition) is 1. The molecule has 1 fully saturated rings. The van der Waals surface area contributed by atoms with Crippen molar-refractivity contribution in [2.75, 3.05) is 6.54 Å². The zero-order valence-corrected chi connectivity index (χ0v) is 9.47. The fourth-order valence-electron chi connectivity index (χ4n) is 2.38. The predicted molar refractivity (Wildman–Crippen MR) is 58.9 cm³/mol. The Morgan fingerprint density at radius 1 is 1.31 bits per heavy atom. The van der Waals surface area contributed by atoms with Gasteiger partial charge in [-0.2, -0.15) is 0 Å². The molecule has 0 aliphatic heterocycles. The summed E-state index contributed by atoms with van der Waals surface area (Å²) in [7, 11) is 0. The van der Waals surface area contributed by atoms with Crippen LogP contribution in [0, 0.1) is 11.8 Å². The van der Waals surface area contributed by atoms with Crippen LogP contribution in [0.5, 0.6) is 0 Å². The maximum absolute atomic E-state index is 3.56. The average Bonchev–Trinajstić information content (AvgIpc) is 2.50. The first kappa shape index (κ1) is 11.0.